The average molecular weight is 378 g/mol. The molecule has 3 aromatic rings. The van der Waals surface area contributed by atoms with Crippen molar-refractivity contribution in [3.05, 3.63) is 59.9 Å². The Labute approximate surface area is 150 Å². The van der Waals surface area contributed by atoms with Crippen LogP contribution < -0.4 is 15.6 Å². The first kappa shape index (κ1) is 18.2. The second-order valence-corrected chi connectivity index (χ2v) is 5.42. The summed E-state index contributed by atoms with van der Waals surface area (Å²) in [4.78, 5) is 31.0. The van der Waals surface area contributed by atoms with E-state index >= 15 is 0 Å². The Bertz CT molecular complexity index is 985. The first-order valence-electron chi connectivity index (χ1n) is 7.66. The van der Waals surface area contributed by atoms with Gasteiger partial charge in [-0.3, -0.25) is 20.4 Å². The van der Waals surface area contributed by atoms with Crippen LogP contribution in [-0.2, 0) is 0 Å². The highest BCUT2D eigenvalue weighted by molar-refractivity contribution is 6.07. The van der Waals surface area contributed by atoms with E-state index in [2.05, 4.69) is 25.6 Å². The van der Waals surface area contributed by atoms with E-state index in [0.29, 0.717) is 10.9 Å². The van der Waals surface area contributed by atoms with E-state index in [9.17, 15) is 22.8 Å². The van der Waals surface area contributed by atoms with Crippen LogP contribution in [0.4, 0.5) is 13.2 Å². The number of nitrogens with one attached hydrogen (secondary N) is 3. The number of ether oxygens (including phenoxy) is 1. The number of para-hydroxylation sites is 1. The molecule has 0 saturated heterocycles. The predicted molar refractivity (Wildman–Crippen MR) is 89.0 cm³/mol. The van der Waals surface area contributed by atoms with Crippen LogP contribution >= 0.6 is 0 Å². The fraction of sp³-hybridized carbons (Fsp3) is 0.118. The number of rotatable bonds is 4. The molecule has 3 N–H and O–H groups in total. The number of benzene rings is 1. The Morgan fingerprint density at radius 3 is 2.48 bits per heavy atom. The van der Waals surface area contributed by atoms with Crippen molar-refractivity contribution in [2.24, 2.45) is 0 Å². The normalized spacial score (nSPS) is 11.2. The third-order valence-electron chi connectivity index (χ3n) is 3.51. The van der Waals surface area contributed by atoms with Gasteiger partial charge in [0.2, 0.25) is 5.88 Å². The topological polar surface area (TPSA) is 96.1 Å². The van der Waals surface area contributed by atoms with Gasteiger partial charge in [0, 0.05) is 23.3 Å². The van der Waals surface area contributed by atoms with Gasteiger partial charge in [0.15, 0.2) is 6.61 Å². The van der Waals surface area contributed by atoms with Crippen LogP contribution in [0.2, 0.25) is 0 Å². The standard InChI is InChI=1S/C17H13F3N4O3/c18-17(19,20)9-27-16-11(5-3-7-21-16)14(25)23-24-15(26)12-8-22-13-6-2-1-4-10(12)13/h1-8,22H,9H2,(H,23,25)(H,24,26). The number of halogens is 3. The van der Waals surface area contributed by atoms with Gasteiger partial charge in [-0.25, -0.2) is 4.98 Å². The van der Waals surface area contributed by atoms with Gasteiger partial charge in [-0.1, -0.05) is 18.2 Å². The van der Waals surface area contributed by atoms with Crippen molar-refractivity contribution < 1.29 is 27.5 Å². The molecule has 2 amide bonds. The number of fused-ring (bicyclic) bond motifs is 1. The summed E-state index contributed by atoms with van der Waals surface area (Å²) in [5.41, 5.74) is 5.13. The minimum absolute atomic E-state index is 0.249. The van der Waals surface area contributed by atoms with Gasteiger partial charge in [0.1, 0.15) is 5.56 Å². The average Bonchev–Trinajstić information content (AvgIpc) is 3.08. The fourth-order valence-corrected chi connectivity index (χ4v) is 2.34. The van der Waals surface area contributed by atoms with Gasteiger partial charge in [-0.2, -0.15) is 13.2 Å². The van der Waals surface area contributed by atoms with Gasteiger partial charge >= 0.3 is 6.18 Å². The van der Waals surface area contributed by atoms with E-state index in [1.54, 1.807) is 24.3 Å². The maximum Gasteiger partial charge on any atom is 0.422 e. The molecule has 27 heavy (non-hydrogen) atoms. The highest BCUT2D eigenvalue weighted by Gasteiger charge is 2.29. The maximum absolute atomic E-state index is 12.3. The third-order valence-corrected chi connectivity index (χ3v) is 3.51. The summed E-state index contributed by atoms with van der Waals surface area (Å²) in [5, 5.41) is 0.653. The van der Waals surface area contributed by atoms with Crippen LogP contribution in [0, 0.1) is 0 Å². The molecule has 0 bridgehead atoms. The summed E-state index contributed by atoms with van der Waals surface area (Å²) in [7, 11) is 0. The minimum Gasteiger partial charge on any atom is -0.467 e. The Morgan fingerprint density at radius 2 is 1.74 bits per heavy atom. The summed E-state index contributed by atoms with van der Waals surface area (Å²) < 4.78 is 41.4. The number of carbonyl (C=O) groups is 2. The van der Waals surface area contributed by atoms with Crippen molar-refractivity contribution in [2.75, 3.05) is 6.61 Å². The van der Waals surface area contributed by atoms with Crippen LogP contribution in [0.15, 0.2) is 48.8 Å². The van der Waals surface area contributed by atoms with Gasteiger partial charge in [0.05, 0.1) is 5.56 Å². The number of hydrogen-bond acceptors (Lipinski definition) is 4. The third kappa shape index (κ3) is 4.35. The lowest BCUT2D eigenvalue weighted by molar-refractivity contribution is -0.154. The number of nitrogens with zero attached hydrogens (tertiary/aromatic N) is 1. The SMILES string of the molecule is O=C(NNC(=O)c1c[nH]c2ccccc12)c1cccnc1OCC(F)(F)F. The van der Waals surface area contributed by atoms with Crippen LogP contribution in [-0.4, -0.2) is 34.6 Å². The van der Waals surface area contributed by atoms with Gasteiger partial charge in [0.25, 0.3) is 11.8 Å². The molecule has 0 aliphatic rings. The highest BCUT2D eigenvalue weighted by Crippen LogP contribution is 2.20. The first-order valence-corrected chi connectivity index (χ1v) is 7.66. The number of alkyl halides is 3. The van der Waals surface area contributed by atoms with Crippen molar-refractivity contribution in [1.29, 1.82) is 0 Å². The Morgan fingerprint density at radius 1 is 1.04 bits per heavy atom. The number of hydrogen-bond donors (Lipinski definition) is 3. The number of carbonyl (C=O) groups excluding carboxylic acids is 2. The van der Waals surface area contributed by atoms with E-state index in [4.69, 9.17) is 0 Å². The molecule has 2 aromatic heterocycles. The molecule has 0 aliphatic carbocycles. The van der Waals surface area contributed by atoms with Crippen LogP contribution in [0.5, 0.6) is 5.88 Å². The molecule has 0 radical (unpaired) electrons. The Hall–Kier alpha value is -3.56. The van der Waals surface area contributed by atoms with Gasteiger partial charge in [-0.05, 0) is 18.2 Å². The molecule has 0 saturated carbocycles. The largest absolute Gasteiger partial charge is 0.467 e. The second-order valence-electron chi connectivity index (χ2n) is 5.42. The molecule has 140 valence electrons. The van der Waals surface area contributed by atoms with Crippen molar-refractivity contribution in [1.82, 2.24) is 20.8 Å². The molecule has 1 aromatic carbocycles. The molecule has 0 fully saturated rings. The number of aromatic nitrogens is 2. The zero-order valence-corrected chi connectivity index (χ0v) is 13.6. The zero-order valence-electron chi connectivity index (χ0n) is 13.6. The quantitative estimate of drug-likeness (QED) is 0.608. The van der Waals surface area contributed by atoms with Crippen LogP contribution in [0.1, 0.15) is 20.7 Å². The lowest BCUT2D eigenvalue weighted by Crippen LogP contribution is -2.41. The minimum atomic E-state index is -4.57. The number of pyridine rings is 1. The van der Waals surface area contributed by atoms with E-state index in [1.807, 2.05) is 0 Å². The molecular weight excluding hydrogens is 365 g/mol. The number of aromatic amines is 1. The smallest absolute Gasteiger partial charge is 0.422 e. The second kappa shape index (κ2) is 7.36. The number of H-pyrrole nitrogens is 1. The van der Waals surface area contributed by atoms with Crippen LogP contribution in [0.3, 0.4) is 0 Å². The fourth-order valence-electron chi connectivity index (χ4n) is 2.34. The Balaban J connectivity index is 1.68. The van der Waals surface area contributed by atoms with E-state index < -0.39 is 30.5 Å². The van der Waals surface area contributed by atoms with Gasteiger partial charge < -0.3 is 9.72 Å². The Kier molecular flexibility index (Phi) is 4.97. The predicted octanol–water partition coefficient (Wildman–Crippen LogP) is 2.58. The monoisotopic (exact) mass is 378 g/mol. The van der Waals surface area contributed by atoms with E-state index in [0.717, 1.165) is 5.52 Å². The van der Waals surface area contributed by atoms with Gasteiger partial charge in [-0.15, -0.1) is 0 Å². The molecule has 0 unspecified atom stereocenters. The summed E-state index contributed by atoms with van der Waals surface area (Å²) in [6, 6.07) is 9.65. The van der Waals surface area contributed by atoms with Crippen molar-refractivity contribution >= 4 is 22.7 Å². The molecule has 3 rings (SSSR count). The molecule has 10 heteroatoms. The molecular formula is C17H13F3N4O3. The summed E-state index contributed by atoms with van der Waals surface area (Å²) in [6.45, 7) is -1.59. The molecule has 0 atom stereocenters. The lowest BCUT2D eigenvalue weighted by Gasteiger charge is -2.12. The number of hydrazine groups is 1. The molecule has 2 heterocycles. The van der Waals surface area contributed by atoms with Crippen molar-refractivity contribution in [3.63, 3.8) is 0 Å². The summed E-state index contributed by atoms with van der Waals surface area (Å²) in [5.74, 6) is -1.95. The van der Waals surface area contributed by atoms with Crippen LogP contribution in [0.25, 0.3) is 10.9 Å². The summed E-state index contributed by atoms with van der Waals surface area (Å²) >= 11 is 0. The number of amides is 2. The molecule has 7 nitrogen and oxygen atoms in total. The van der Waals surface area contributed by atoms with E-state index in [-0.39, 0.29) is 5.56 Å². The van der Waals surface area contributed by atoms with Crippen molar-refractivity contribution in [3.8, 4) is 5.88 Å². The van der Waals surface area contributed by atoms with E-state index in [1.165, 1.54) is 24.5 Å². The maximum atomic E-state index is 12.3. The first-order chi connectivity index (χ1) is 12.8. The molecule has 0 spiro atoms. The zero-order chi connectivity index (χ0) is 19.4. The van der Waals surface area contributed by atoms with Crippen molar-refractivity contribution in [2.45, 2.75) is 6.18 Å². The summed E-state index contributed by atoms with van der Waals surface area (Å²) in [6.07, 6.45) is -1.91. The lowest BCUT2D eigenvalue weighted by atomic mass is 10.2. The highest BCUT2D eigenvalue weighted by atomic mass is 19.4. The molecule has 0 aliphatic heterocycles.